The second-order valence-corrected chi connectivity index (χ2v) is 6.02. The molecule has 1 aromatic carbocycles. The lowest BCUT2D eigenvalue weighted by Crippen LogP contribution is -2.13. The molecule has 0 aliphatic carbocycles. The molecule has 0 spiro atoms. The molecule has 2 aromatic heterocycles. The fraction of sp³-hybridized carbons (Fsp3) is 0.375. The number of rotatable bonds is 7. The zero-order chi connectivity index (χ0) is 18.5. The summed E-state index contributed by atoms with van der Waals surface area (Å²) in [5, 5.41) is 17.2. The van der Waals surface area contributed by atoms with Gasteiger partial charge in [0.05, 0.1) is 11.4 Å². The largest absolute Gasteiger partial charge is 0.339 e. The smallest absolute Gasteiger partial charge is 0.226 e. The number of amides is 1. The molecule has 9 nitrogen and oxygen atoms in total. The van der Waals surface area contributed by atoms with Gasteiger partial charge in [0.1, 0.15) is 12.1 Å². The Morgan fingerprint density at radius 1 is 1.38 bits per heavy atom. The van der Waals surface area contributed by atoms with E-state index in [1.807, 2.05) is 13.8 Å². The van der Waals surface area contributed by atoms with E-state index in [0.29, 0.717) is 30.2 Å². The molecule has 10 heteroatoms. The van der Waals surface area contributed by atoms with Crippen molar-refractivity contribution in [2.75, 3.05) is 5.32 Å². The van der Waals surface area contributed by atoms with Crippen LogP contribution >= 0.6 is 0 Å². The van der Waals surface area contributed by atoms with Crippen molar-refractivity contribution in [2.45, 2.75) is 39.0 Å². The normalized spacial score (nSPS) is 11.1. The lowest BCUT2D eigenvalue weighted by atomic mass is 10.2. The third-order valence-electron chi connectivity index (χ3n) is 3.63. The van der Waals surface area contributed by atoms with Gasteiger partial charge in [-0.15, -0.1) is 5.10 Å². The van der Waals surface area contributed by atoms with E-state index in [4.69, 9.17) is 4.52 Å². The first kappa shape index (κ1) is 17.6. The Balaban J connectivity index is 1.55. The van der Waals surface area contributed by atoms with Crippen molar-refractivity contribution in [3.05, 3.63) is 42.1 Å². The highest BCUT2D eigenvalue weighted by atomic mass is 19.1. The number of hydrogen-bond acceptors (Lipinski definition) is 7. The summed E-state index contributed by atoms with van der Waals surface area (Å²) in [4.78, 5) is 16.3. The monoisotopic (exact) mass is 359 g/mol. The molecule has 2 heterocycles. The minimum atomic E-state index is -0.534. The molecule has 3 rings (SSSR count). The highest BCUT2D eigenvalue weighted by molar-refractivity contribution is 5.91. The molecule has 0 aliphatic rings. The molecule has 0 aliphatic heterocycles. The Hall–Kier alpha value is -3.17. The van der Waals surface area contributed by atoms with Gasteiger partial charge in [-0.3, -0.25) is 4.79 Å². The quantitative estimate of drug-likeness (QED) is 0.688. The van der Waals surface area contributed by atoms with Crippen LogP contribution in [0, 0.1) is 5.82 Å². The van der Waals surface area contributed by atoms with Crippen LogP contribution in [0.5, 0.6) is 0 Å². The number of aryl methyl sites for hydroxylation is 1. The molecule has 0 atom stereocenters. The molecule has 0 radical (unpaired) electrons. The molecule has 3 aromatic rings. The Kier molecular flexibility index (Phi) is 5.30. The summed E-state index contributed by atoms with van der Waals surface area (Å²) in [5.41, 5.74) is 0.613. The molecule has 136 valence electrons. The Labute approximate surface area is 148 Å². The summed E-state index contributed by atoms with van der Waals surface area (Å²) in [7, 11) is 0. The van der Waals surface area contributed by atoms with Crippen LogP contribution in [-0.4, -0.2) is 36.3 Å². The summed E-state index contributed by atoms with van der Waals surface area (Å²) in [6, 6.07) is 4.23. The maximum Gasteiger partial charge on any atom is 0.226 e. The molecule has 26 heavy (non-hydrogen) atoms. The van der Waals surface area contributed by atoms with E-state index < -0.39 is 5.82 Å². The molecule has 1 N–H and O–H groups in total. The molecule has 1 amide bonds. The predicted molar refractivity (Wildman–Crippen MR) is 89.1 cm³/mol. The summed E-state index contributed by atoms with van der Waals surface area (Å²) in [6.45, 7) is 3.94. The van der Waals surface area contributed by atoms with E-state index >= 15 is 0 Å². The van der Waals surface area contributed by atoms with Crippen LogP contribution in [0.1, 0.15) is 44.3 Å². The Morgan fingerprint density at radius 3 is 2.92 bits per heavy atom. The summed E-state index contributed by atoms with van der Waals surface area (Å²) in [6.07, 6.45) is 2.59. The highest BCUT2D eigenvalue weighted by Crippen LogP contribution is 2.19. The Morgan fingerprint density at radius 2 is 2.23 bits per heavy atom. The Bertz CT molecular complexity index is 877. The van der Waals surface area contributed by atoms with Gasteiger partial charge in [0.25, 0.3) is 0 Å². The third-order valence-corrected chi connectivity index (χ3v) is 3.63. The second kappa shape index (κ2) is 7.81. The van der Waals surface area contributed by atoms with E-state index in [1.165, 1.54) is 29.2 Å². The zero-order valence-corrected chi connectivity index (χ0v) is 14.4. The van der Waals surface area contributed by atoms with Crippen molar-refractivity contribution in [1.29, 1.82) is 0 Å². The van der Waals surface area contributed by atoms with Crippen molar-refractivity contribution in [3.63, 3.8) is 0 Å². The van der Waals surface area contributed by atoms with Gasteiger partial charge in [-0.05, 0) is 35.0 Å². The summed E-state index contributed by atoms with van der Waals surface area (Å²) >= 11 is 0. The van der Waals surface area contributed by atoms with E-state index in [9.17, 15) is 9.18 Å². The fourth-order valence-electron chi connectivity index (χ4n) is 2.25. The first-order valence-electron chi connectivity index (χ1n) is 8.18. The van der Waals surface area contributed by atoms with Gasteiger partial charge in [0.2, 0.25) is 11.8 Å². The van der Waals surface area contributed by atoms with Crippen molar-refractivity contribution < 1.29 is 13.7 Å². The van der Waals surface area contributed by atoms with Gasteiger partial charge >= 0.3 is 0 Å². The van der Waals surface area contributed by atoms with Gasteiger partial charge in [0.15, 0.2) is 5.82 Å². The number of nitrogens with zero attached hydrogens (tertiary/aromatic N) is 6. The van der Waals surface area contributed by atoms with Gasteiger partial charge in [-0.2, -0.15) is 4.98 Å². The predicted octanol–water partition coefficient (Wildman–Crippen LogP) is 2.27. The maximum absolute atomic E-state index is 13.9. The second-order valence-electron chi connectivity index (χ2n) is 6.02. The van der Waals surface area contributed by atoms with Crippen LogP contribution in [0.25, 0.3) is 5.69 Å². The number of aromatic nitrogens is 6. The minimum Gasteiger partial charge on any atom is -0.339 e. The van der Waals surface area contributed by atoms with E-state index in [-0.39, 0.29) is 23.9 Å². The molecule has 0 unspecified atom stereocenters. The van der Waals surface area contributed by atoms with Crippen LogP contribution < -0.4 is 5.32 Å². The number of carbonyl (C=O) groups is 1. The van der Waals surface area contributed by atoms with Crippen LogP contribution in [0.3, 0.4) is 0 Å². The van der Waals surface area contributed by atoms with Crippen LogP contribution in [0.2, 0.25) is 0 Å². The summed E-state index contributed by atoms with van der Waals surface area (Å²) < 4.78 is 20.4. The van der Waals surface area contributed by atoms with Crippen LogP contribution in [0.15, 0.2) is 29.0 Å². The van der Waals surface area contributed by atoms with Crippen molar-refractivity contribution >= 4 is 11.6 Å². The average Bonchev–Trinajstić information content (AvgIpc) is 3.28. The van der Waals surface area contributed by atoms with E-state index in [1.54, 1.807) is 0 Å². The first-order chi connectivity index (χ1) is 12.5. The molecular weight excluding hydrogens is 341 g/mol. The van der Waals surface area contributed by atoms with Crippen molar-refractivity contribution in [1.82, 2.24) is 30.3 Å². The standard InChI is InChI=1S/C16H18FN7O2/c1-10(2)16-20-15(26-21-16)5-3-4-14(25)19-13-8-11(6-7-12(13)17)24-9-18-22-23-24/h6-10H,3-5H2,1-2H3,(H,19,25). The molecule has 0 saturated carbocycles. The van der Waals surface area contributed by atoms with Gasteiger partial charge in [-0.1, -0.05) is 19.0 Å². The average molecular weight is 359 g/mol. The summed E-state index contributed by atoms with van der Waals surface area (Å²) in [5.74, 6) is 0.487. The van der Waals surface area contributed by atoms with Crippen LogP contribution in [-0.2, 0) is 11.2 Å². The van der Waals surface area contributed by atoms with Crippen molar-refractivity contribution in [3.8, 4) is 5.69 Å². The topological polar surface area (TPSA) is 112 Å². The number of nitrogens with one attached hydrogen (secondary N) is 1. The lowest BCUT2D eigenvalue weighted by molar-refractivity contribution is -0.116. The number of hydrogen-bond donors (Lipinski definition) is 1. The molecule has 0 fully saturated rings. The van der Waals surface area contributed by atoms with E-state index in [0.717, 1.165) is 0 Å². The lowest BCUT2D eigenvalue weighted by Gasteiger charge is -2.08. The number of halogens is 1. The minimum absolute atomic E-state index is 0.0721. The van der Waals surface area contributed by atoms with Gasteiger partial charge < -0.3 is 9.84 Å². The number of anilines is 1. The van der Waals surface area contributed by atoms with Crippen LogP contribution in [0.4, 0.5) is 10.1 Å². The van der Waals surface area contributed by atoms with Gasteiger partial charge in [-0.25, -0.2) is 9.07 Å². The molecular formula is C16H18FN7O2. The van der Waals surface area contributed by atoms with Gasteiger partial charge in [0, 0.05) is 18.8 Å². The first-order valence-corrected chi connectivity index (χ1v) is 8.18. The number of benzene rings is 1. The third kappa shape index (κ3) is 4.26. The molecule has 0 saturated heterocycles. The molecule has 0 bridgehead atoms. The zero-order valence-electron chi connectivity index (χ0n) is 14.4. The number of tetrazole rings is 1. The van der Waals surface area contributed by atoms with Crippen molar-refractivity contribution in [2.24, 2.45) is 0 Å². The fourth-order valence-corrected chi connectivity index (χ4v) is 2.25. The van der Waals surface area contributed by atoms with E-state index in [2.05, 4.69) is 31.0 Å². The maximum atomic E-state index is 13.9. The highest BCUT2D eigenvalue weighted by Gasteiger charge is 2.12. The number of carbonyl (C=O) groups excluding carboxylic acids is 1. The SMILES string of the molecule is CC(C)c1noc(CCCC(=O)Nc2cc(-n3cnnn3)ccc2F)n1.